The summed E-state index contributed by atoms with van der Waals surface area (Å²) in [6.45, 7) is 10.8. The van der Waals surface area contributed by atoms with E-state index in [1.807, 2.05) is 18.2 Å². The number of nitrogens with zero attached hydrogens (tertiary/aromatic N) is 2. The highest BCUT2D eigenvalue weighted by Crippen LogP contribution is 2.18. The van der Waals surface area contributed by atoms with Crippen molar-refractivity contribution in [2.75, 3.05) is 57.8 Å². The lowest BCUT2D eigenvalue weighted by atomic mass is 9.99. The molecule has 27 heavy (non-hydrogen) atoms. The smallest absolute Gasteiger partial charge is 0.319 e. The zero-order valence-electron chi connectivity index (χ0n) is 16.6. The molecule has 2 saturated heterocycles. The number of piperidine rings is 1. The minimum absolute atomic E-state index is 0.114. The average Bonchev–Trinajstić information content (AvgIpc) is 2.69. The number of amides is 2. The number of anilines is 1. The SMILES string of the molecule is CC1CCN(CCCNC(=O)Nc2ccccc2CN2CCOCC2)CC1. The number of ether oxygens (including phenoxy) is 1. The van der Waals surface area contributed by atoms with Crippen molar-refractivity contribution in [1.82, 2.24) is 15.1 Å². The van der Waals surface area contributed by atoms with Crippen molar-refractivity contribution in [3.63, 3.8) is 0 Å². The summed E-state index contributed by atoms with van der Waals surface area (Å²) in [5.74, 6) is 0.864. The van der Waals surface area contributed by atoms with E-state index in [0.717, 1.165) is 63.0 Å². The molecule has 150 valence electrons. The maximum Gasteiger partial charge on any atom is 0.319 e. The van der Waals surface area contributed by atoms with E-state index in [2.05, 4.69) is 33.4 Å². The van der Waals surface area contributed by atoms with Gasteiger partial charge in [-0.15, -0.1) is 0 Å². The third-order valence-corrected chi connectivity index (χ3v) is 5.58. The number of nitrogens with one attached hydrogen (secondary N) is 2. The zero-order valence-corrected chi connectivity index (χ0v) is 16.6. The lowest BCUT2D eigenvalue weighted by Gasteiger charge is -2.30. The number of rotatable bonds is 7. The summed E-state index contributed by atoms with van der Waals surface area (Å²) in [6, 6.07) is 7.94. The molecule has 2 amide bonds. The fourth-order valence-electron chi connectivity index (χ4n) is 3.74. The monoisotopic (exact) mass is 374 g/mol. The Balaban J connectivity index is 1.38. The second-order valence-corrected chi connectivity index (χ2v) is 7.80. The third kappa shape index (κ3) is 6.79. The van der Waals surface area contributed by atoms with Gasteiger partial charge >= 0.3 is 6.03 Å². The second-order valence-electron chi connectivity index (χ2n) is 7.80. The highest BCUT2D eigenvalue weighted by Gasteiger charge is 2.15. The summed E-state index contributed by atoms with van der Waals surface area (Å²) >= 11 is 0. The van der Waals surface area contributed by atoms with Crippen molar-refractivity contribution in [2.45, 2.75) is 32.7 Å². The fraction of sp³-hybridized carbons (Fsp3) is 0.667. The molecule has 6 nitrogen and oxygen atoms in total. The molecule has 0 atom stereocenters. The first kappa shape index (κ1) is 20.1. The molecule has 3 rings (SSSR count). The number of hydrogen-bond acceptors (Lipinski definition) is 4. The number of para-hydroxylation sites is 1. The summed E-state index contributed by atoms with van der Waals surface area (Å²) in [5, 5.41) is 6.02. The zero-order chi connectivity index (χ0) is 18.9. The number of hydrogen-bond donors (Lipinski definition) is 2. The van der Waals surface area contributed by atoms with Crippen LogP contribution in [-0.4, -0.2) is 68.3 Å². The summed E-state index contributed by atoms with van der Waals surface area (Å²) in [7, 11) is 0. The van der Waals surface area contributed by atoms with Gasteiger partial charge in [0, 0.05) is 31.9 Å². The van der Waals surface area contributed by atoms with Gasteiger partial charge in [-0.3, -0.25) is 4.90 Å². The molecule has 2 heterocycles. The molecular weight excluding hydrogens is 340 g/mol. The van der Waals surface area contributed by atoms with Gasteiger partial charge in [0.1, 0.15) is 0 Å². The summed E-state index contributed by atoms with van der Waals surface area (Å²) in [6.07, 6.45) is 3.60. The summed E-state index contributed by atoms with van der Waals surface area (Å²) < 4.78 is 5.41. The normalized spacial score (nSPS) is 19.7. The summed E-state index contributed by atoms with van der Waals surface area (Å²) in [4.78, 5) is 17.2. The first-order valence-electron chi connectivity index (χ1n) is 10.4. The van der Waals surface area contributed by atoms with Crippen molar-refractivity contribution in [1.29, 1.82) is 0 Å². The average molecular weight is 375 g/mol. The molecule has 2 aliphatic heterocycles. The van der Waals surface area contributed by atoms with Crippen LogP contribution in [0.15, 0.2) is 24.3 Å². The summed E-state index contributed by atoms with van der Waals surface area (Å²) in [5.41, 5.74) is 2.04. The van der Waals surface area contributed by atoms with Crippen molar-refractivity contribution in [3.8, 4) is 0 Å². The third-order valence-electron chi connectivity index (χ3n) is 5.58. The molecule has 0 bridgehead atoms. The largest absolute Gasteiger partial charge is 0.379 e. The van der Waals surface area contributed by atoms with Gasteiger partial charge in [0.2, 0.25) is 0 Å². The minimum atomic E-state index is -0.114. The van der Waals surface area contributed by atoms with Crippen LogP contribution in [-0.2, 0) is 11.3 Å². The van der Waals surface area contributed by atoms with Gasteiger partial charge in [0.05, 0.1) is 13.2 Å². The lowest BCUT2D eigenvalue weighted by molar-refractivity contribution is 0.0343. The Labute approximate surface area is 163 Å². The molecule has 0 aliphatic carbocycles. The van der Waals surface area contributed by atoms with Gasteiger partial charge in [-0.25, -0.2) is 4.79 Å². The van der Waals surface area contributed by atoms with Crippen LogP contribution in [0.25, 0.3) is 0 Å². The predicted molar refractivity (Wildman–Crippen MR) is 109 cm³/mol. The molecule has 0 spiro atoms. The number of urea groups is 1. The molecule has 0 radical (unpaired) electrons. The van der Waals surface area contributed by atoms with Gasteiger partial charge in [-0.2, -0.15) is 0 Å². The Morgan fingerprint density at radius 1 is 1.11 bits per heavy atom. The maximum absolute atomic E-state index is 12.3. The molecule has 2 aliphatic rings. The van der Waals surface area contributed by atoms with Crippen LogP contribution in [0.5, 0.6) is 0 Å². The Hall–Kier alpha value is -1.63. The lowest BCUT2D eigenvalue weighted by Crippen LogP contribution is -2.37. The van der Waals surface area contributed by atoms with E-state index >= 15 is 0 Å². The molecule has 1 aromatic rings. The topological polar surface area (TPSA) is 56.8 Å². The van der Waals surface area contributed by atoms with Crippen LogP contribution < -0.4 is 10.6 Å². The van der Waals surface area contributed by atoms with Crippen molar-refractivity contribution in [2.24, 2.45) is 5.92 Å². The van der Waals surface area contributed by atoms with Crippen LogP contribution in [0.3, 0.4) is 0 Å². The molecule has 6 heteroatoms. The number of benzene rings is 1. The molecule has 0 saturated carbocycles. The van der Waals surface area contributed by atoms with Crippen LogP contribution in [0.2, 0.25) is 0 Å². The van der Waals surface area contributed by atoms with Crippen molar-refractivity contribution < 1.29 is 9.53 Å². The van der Waals surface area contributed by atoms with Crippen LogP contribution in [0.1, 0.15) is 31.7 Å². The first-order valence-corrected chi connectivity index (χ1v) is 10.4. The number of morpholine rings is 1. The van der Waals surface area contributed by atoms with Crippen LogP contribution >= 0.6 is 0 Å². The van der Waals surface area contributed by atoms with E-state index in [-0.39, 0.29) is 6.03 Å². The Morgan fingerprint density at radius 2 is 1.85 bits per heavy atom. The van der Waals surface area contributed by atoms with Crippen LogP contribution in [0, 0.1) is 5.92 Å². The van der Waals surface area contributed by atoms with E-state index in [1.165, 1.54) is 25.9 Å². The number of likely N-dealkylation sites (tertiary alicyclic amines) is 1. The van der Waals surface area contributed by atoms with Gasteiger partial charge < -0.3 is 20.3 Å². The fourth-order valence-corrected chi connectivity index (χ4v) is 3.74. The Kier molecular flexibility index (Phi) is 7.93. The molecule has 1 aromatic carbocycles. The van der Waals surface area contributed by atoms with Crippen LogP contribution in [0.4, 0.5) is 10.5 Å². The number of carbonyl (C=O) groups excluding carboxylic acids is 1. The van der Waals surface area contributed by atoms with E-state index in [1.54, 1.807) is 0 Å². The van der Waals surface area contributed by atoms with Crippen molar-refractivity contribution in [3.05, 3.63) is 29.8 Å². The van der Waals surface area contributed by atoms with Gasteiger partial charge in [0.25, 0.3) is 0 Å². The highest BCUT2D eigenvalue weighted by atomic mass is 16.5. The molecule has 0 aromatic heterocycles. The predicted octanol–water partition coefficient (Wildman–Crippen LogP) is 2.76. The van der Waals surface area contributed by atoms with Gasteiger partial charge in [0.15, 0.2) is 0 Å². The highest BCUT2D eigenvalue weighted by molar-refractivity contribution is 5.90. The molecule has 2 fully saturated rings. The molecule has 0 unspecified atom stereocenters. The minimum Gasteiger partial charge on any atom is -0.379 e. The van der Waals surface area contributed by atoms with Crippen molar-refractivity contribution >= 4 is 11.7 Å². The second kappa shape index (κ2) is 10.6. The van der Waals surface area contributed by atoms with E-state index < -0.39 is 0 Å². The quantitative estimate of drug-likeness (QED) is 0.721. The molecular formula is C21H34N4O2. The van der Waals surface area contributed by atoms with Gasteiger partial charge in [-0.05, 0) is 56.4 Å². The number of carbonyl (C=O) groups is 1. The van der Waals surface area contributed by atoms with Gasteiger partial charge in [-0.1, -0.05) is 25.1 Å². The maximum atomic E-state index is 12.3. The molecule has 2 N–H and O–H groups in total. The first-order chi connectivity index (χ1) is 13.2. The van der Waals surface area contributed by atoms with E-state index in [4.69, 9.17) is 4.74 Å². The van der Waals surface area contributed by atoms with E-state index in [0.29, 0.717) is 6.54 Å². The standard InChI is InChI=1S/C21H34N4O2/c1-18-7-11-24(12-8-18)10-4-9-22-21(26)23-20-6-3-2-5-19(20)17-25-13-15-27-16-14-25/h2-3,5-6,18H,4,7-17H2,1H3,(H2,22,23,26). The van der Waals surface area contributed by atoms with E-state index in [9.17, 15) is 4.79 Å². The Morgan fingerprint density at radius 3 is 2.63 bits per heavy atom. The Bertz CT molecular complexity index is 581.